The van der Waals surface area contributed by atoms with Crippen molar-refractivity contribution in [2.24, 2.45) is 9.98 Å². The summed E-state index contributed by atoms with van der Waals surface area (Å²) in [4.78, 5) is 9.54. The lowest BCUT2D eigenvalue weighted by Gasteiger charge is -2.13. The molecule has 0 atom stereocenters. The minimum absolute atomic E-state index is 0.167. The summed E-state index contributed by atoms with van der Waals surface area (Å²) >= 11 is 0. The van der Waals surface area contributed by atoms with Crippen molar-refractivity contribution in [2.75, 3.05) is 0 Å². The van der Waals surface area contributed by atoms with E-state index in [1.54, 1.807) is 0 Å². The van der Waals surface area contributed by atoms with Gasteiger partial charge in [0, 0.05) is 50.0 Å². The molecule has 5 nitrogen and oxygen atoms in total. The predicted molar refractivity (Wildman–Crippen MR) is 244 cm³/mol. The van der Waals surface area contributed by atoms with Gasteiger partial charge in [-0.3, -0.25) is 5.41 Å². The molecule has 272 valence electrons. The summed E-state index contributed by atoms with van der Waals surface area (Å²) < 4.78 is 4.85. The van der Waals surface area contributed by atoms with Crippen LogP contribution in [0.1, 0.15) is 16.7 Å². The molecular weight excluding hydrogens is 707 g/mol. The van der Waals surface area contributed by atoms with Crippen LogP contribution in [0.3, 0.4) is 0 Å². The SMILES string of the molecule is N=C(N=C(N=Cc1ccc2c(-n3c4ccccc4c4cc5c6ccccc6n(-c6ccc7ccccc7c6)c5cc43)cccc2c1)c1ccccc1)c1ccccc1. The highest BCUT2D eigenvalue weighted by molar-refractivity contribution is 6.20. The lowest BCUT2D eigenvalue weighted by Crippen LogP contribution is -2.04. The molecular formula is C53H35N5. The van der Waals surface area contributed by atoms with Gasteiger partial charge in [-0.25, -0.2) is 9.98 Å². The zero-order valence-corrected chi connectivity index (χ0v) is 31.4. The summed E-state index contributed by atoms with van der Waals surface area (Å²) in [6, 6.07) is 70.0. The number of aliphatic imine (C=N–C) groups is 2. The van der Waals surface area contributed by atoms with Crippen LogP contribution in [0.25, 0.3) is 76.5 Å². The highest BCUT2D eigenvalue weighted by Crippen LogP contribution is 2.41. The van der Waals surface area contributed by atoms with Gasteiger partial charge in [0.2, 0.25) is 0 Å². The monoisotopic (exact) mass is 741 g/mol. The number of hydrogen-bond donors (Lipinski definition) is 1. The van der Waals surface area contributed by atoms with Gasteiger partial charge < -0.3 is 9.13 Å². The Morgan fingerprint density at radius 3 is 1.79 bits per heavy atom. The molecule has 9 aromatic carbocycles. The standard InChI is InChI=1S/C53H35N5/c54-52(37-15-3-1-4-16-37)56-53(38-17-5-2-6-18-38)55-34-35-26-29-42-40(30-35)20-13-25-47(42)58-49-24-12-10-22-44(49)46-32-45-43-21-9-11-23-48(43)57(50(45)33-51(46)58)41-28-27-36-14-7-8-19-39(36)31-41/h1-34,54H. The summed E-state index contributed by atoms with van der Waals surface area (Å²) in [5.41, 5.74) is 9.47. The molecule has 0 aliphatic rings. The highest BCUT2D eigenvalue weighted by Gasteiger charge is 2.19. The summed E-state index contributed by atoms with van der Waals surface area (Å²) in [6.45, 7) is 0. The molecule has 0 amide bonds. The van der Waals surface area contributed by atoms with Crippen LogP contribution in [0.4, 0.5) is 0 Å². The Morgan fingerprint density at radius 2 is 1.03 bits per heavy atom. The number of nitrogens with zero attached hydrogens (tertiary/aromatic N) is 4. The minimum Gasteiger partial charge on any atom is -0.309 e. The zero-order valence-electron chi connectivity index (χ0n) is 31.4. The van der Waals surface area contributed by atoms with Crippen molar-refractivity contribution >= 4 is 83.0 Å². The lowest BCUT2D eigenvalue weighted by atomic mass is 10.1. The third-order valence-corrected chi connectivity index (χ3v) is 11.2. The smallest absolute Gasteiger partial charge is 0.161 e. The Hall–Kier alpha value is -7.89. The number of hydrogen-bond acceptors (Lipinski definition) is 1. The molecule has 0 bridgehead atoms. The number of amidine groups is 2. The minimum atomic E-state index is 0.167. The van der Waals surface area contributed by atoms with Gasteiger partial charge >= 0.3 is 0 Å². The quantitative estimate of drug-likeness (QED) is 0.135. The summed E-state index contributed by atoms with van der Waals surface area (Å²) in [5, 5.41) is 18.3. The molecule has 58 heavy (non-hydrogen) atoms. The Bertz CT molecular complexity index is 3460. The Balaban J connectivity index is 1.07. The summed E-state index contributed by atoms with van der Waals surface area (Å²) in [5.74, 6) is 0.654. The van der Waals surface area contributed by atoms with E-state index < -0.39 is 0 Å². The van der Waals surface area contributed by atoms with Gasteiger partial charge in [-0.1, -0.05) is 152 Å². The van der Waals surface area contributed by atoms with Gasteiger partial charge in [0.1, 0.15) is 0 Å². The average Bonchev–Trinajstić information content (AvgIpc) is 3.78. The molecule has 0 saturated carbocycles. The maximum atomic E-state index is 8.70. The molecule has 0 aliphatic heterocycles. The van der Waals surface area contributed by atoms with Crippen LogP contribution in [0.15, 0.2) is 210 Å². The fourth-order valence-corrected chi connectivity index (χ4v) is 8.50. The van der Waals surface area contributed by atoms with Crippen molar-refractivity contribution < 1.29 is 0 Å². The van der Waals surface area contributed by atoms with Crippen molar-refractivity contribution in [1.29, 1.82) is 5.41 Å². The molecule has 11 aromatic rings. The summed E-state index contributed by atoms with van der Waals surface area (Å²) in [6.07, 6.45) is 1.85. The third kappa shape index (κ3) is 5.60. The molecule has 5 heteroatoms. The van der Waals surface area contributed by atoms with Crippen molar-refractivity contribution in [1.82, 2.24) is 9.13 Å². The van der Waals surface area contributed by atoms with Gasteiger partial charge in [-0.05, 0) is 70.3 Å². The molecule has 0 aliphatic carbocycles. The Labute approximate surface area is 334 Å². The average molecular weight is 742 g/mol. The van der Waals surface area contributed by atoms with Gasteiger partial charge in [0.15, 0.2) is 11.7 Å². The maximum absolute atomic E-state index is 8.70. The van der Waals surface area contributed by atoms with Crippen LogP contribution in [0.5, 0.6) is 0 Å². The van der Waals surface area contributed by atoms with Crippen LogP contribution < -0.4 is 0 Å². The number of nitrogens with one attached hydrogen (secondary N) is 1. The van der Waals surface area contributed by atoms with Gasteiger partial charge in [-0.15, -0.1) is 0 Å². The second-order valence-corrected chi connectivity index (χ2v) is 14.7. The van der Waals surface area contributed by atoms with Crippen molar-refractivity contribution in [3.8, 4) is 11.4 Å². The lowest BCUT2D eigenvalue weighted by molar-refractivity contribution is 1.17. The van der Waals surface area contributed by atoms with Crippen LogP contribution in [-0.2, 0) is 0 Å². The molecule has 2 heterocycles. The van der Waals surface area contributed by atoms with Gasteiger partial charge in [0.05, 0.1) is 27.8 Å². The molecule has 11 rings (SSSR count). The van der Waals surface area contributed by atoms with E-state index in [9.17, 15) is 0 Å². The first kappa shape index (κ1) is 33.4. The fourth-order valence-electron chi connectivity index (χ4n) is 8.50. The number of rotatable bonds is 5. The predicted octanol–water partition coefficient (Wildman–Crippen LogP) is 13.1. The second-order valence-electron chi connectivity index (χ2n) is 14.7. The zero-order chi connectivity index (χ0) is 38.6. The van der Waals surface area contributed by atoms with Crippen LogP contribution >= 0.6 is 0 Å². The van der Waals surface area contributed by atoms with E-state index in [-0.39, 0.29) is 5.84 Å². The molecule has 0 unspecified atom stereocenters. The van der Waals surface area contributed by atoms with E-state index >= 15 is 0 Å². The Morgan fingerprint density at radius 1 is 0.414 bits per heavy atom. The number of benzene rings is 9. The highest BCUT2D eigenvalue weighted by atomic mass is 15.0. The first-order chi connectivity index (χ1) is 28.7. The van der Waals surface area contributed by atoms with E-state index in [1.165, 1.54) is 43.4 Å². The van der Waals surface area contributed by atoms with E-state index in [1.807, 2.05) is 66.9 Å². The molecule has 1 N–H and O–H groups in total. The van der Waals surface area contributed by atoms with Gasteiger partial charge in [-0.2, -0.15) is 0 Å². The van der Waals surface area contributed by atoms with Crippen molar-refractivity contribution in [2.45, 2.75) is 0 Å². The molecule has 0 saturated heterocycles. The normalized spacial score (nSPS) is 12.2. The molecule has 2 aromatic heterocycles. The van der Waals surface area contributed by atoms with Crippen molar-refractivity contribution in [3.05, 3.63) is 217 Å². The van der Waals surface area contributed by atoms with Crippen LogP contribution in [0, 0.1) is 5.41 Å². The van der Waals surface area contributed by atoms with E-state index in [4.69, 9.17) is 10.4 Å². The fraction of sp³-hybridized carbons (Fsp3) is 0. The Kier molecular flexibility index (Phi) is 7.90. The van der Waals surface area contributed by atoms with E-state index in [0.29, 0.717) is 5.84 Å². The van der Waals surface area contributed by atoms with Gasteiger partial charge in [0.25, 0.3) is 0 Å². The van der Waals surface area contributed by atoms with Crippen molar-refractivity contribution in [3.63, 3.8) is 0 Å². The van der Waals surface area contributed by atoms with E-state index in [0.717, 1.165) is 49.9 Å². The van der Waals surface area contributed by atoms with Crippen LogP contribution in [-0.4, -0.2) is 27.0 Å². The largest absolute Gasteiger partial charge is 0.309 e. The van der Waals surface area contributed by atoms with Crippen LogP contribution in [0.2, 0.25) is 0 Å². The molecule has 0 spiro atoms. The second kappa shape index (κ2) is 13.7. The summed E-state index contributed by atoms with van der Waals surface area (Å²) in [7, 11) is 0. The maximum Gasteiger partial charge on any atom is 0.161 e. The number of fused-ring (bicyclic) bond motifs is 8. The first-order valence-electron chi connectivity index (χ1n) is 19.5. The first-order valence-corrected chi connectivity index (χ1v) is 19.5. The van der Waals surface area contributed by atoms with E-state index in [2.05, 4.69) is 154 Å². The molecule has 0 radical (unpaired) electrons. The number of para-hydroxylation sites is 2. The third-order valence-electron chi connectivity index (χ3n) is 11.2. The topological polar surface area (TPSA) is 58.4 Å². The molecule has 0 fully saturated rings. The number of aromatic nitrogens is 2.